The Kier molecular flexibility index (Phi) is 14.4. The van der Waals surface area contributed by atoms with Crippen LogP contribution in [0.5, 0.6) is 0 Å². The molecular formula is C32H42ClN7O8. The largest absolute Gasteiger partial charge is 0.481 e. The SMILES string of the molecule is NC(=O)NCCC[C@H](NC(=O)[C@H](Cc1ccc2ccccc2c1)NC(=O)[C@@H]1CCCCN1C(=O)C[C@H](CC(=O)O)NC(=O)CCl)C(N)=O. The Morgan fingerprint density at radius 2 is 1.65 bits per heavy atom. The van der Waals surface area contributed by atoms with Crippen LogP contribution in [0.15, 0.2) is 42.5 Å². The molecule has 15 nitrogen and oxygen atoms in total. The molecule has 2 aromatic rings. The van der Waals surface area contributed by atoms with Crippen LogP contribution in [-0.2, 0) is 35.2 Å². The molecule has 9 N–H and O–H groups in total. The summed E-state index contributed by atoms with van der Waals surface area (Å²) in [5.41, 5.74) is 11.4. The number of nitrogens with one attached hydrogen (secondary N) is 4. The van der Waals surface area contributed by atoms with Crippen molar-refractivity contribution >= 4 is 63.9 Å². The van der Waals surface area contributed by atoms with E-state index in [4.69, 9.17) is 23.1 Å². The van der Waals surface area contributed by atoms with Crippen LogP contribution in [0.4, 0.5) is 4.79 Å². The van der Waals surface area contributed by atoms with Crippen molar-refractivity contribution in [1.29, 1.82) is 0 Å². The number of rotatable bonds is 17. The molecule has 7 amide bonds. The van der Waals surface area contributed by atoms with E-state index in [0.717, 1.165) is 16.3 Å². The van der Waals surface area contributed by atoms with Gasteiger partial charge in [0.25, 0.3) is 0 Å². The lowest BCUT2D eigenvalue weighted by Crippen LogP contribution is -2.58. The monoisotopic (exact) mass is 687 g/mol. The summed E-state index contributed by atoms with van der Waals surface area (Å²) in [5, 5.41) is 21.4. The number of primary amides is 2. The lowest BCUT2D eigenvalue weighted by atomic mass is 9.97. The molecule has 0 radical (unpaired) electrons. The maximum Gasteiger partial charge on any atom is 0.312 e. The number of fused-ring (bicyclic) bond motifs is 1. The van der Waals surface area contributed by atoms with Gasteiger partial charge in [-0.3, -0.25) is 28.8 Å². The standard InChI is InChI=1S/C32H42ClN7O8/c33-18-26(41)37-22(17-28(43)44)16-27(42)40-13-4-3-9-25(40)31(47)39-24(15-19-10-11-20-6-1-2-7-21(20)14-19)30(46)38-23(29(34)45)8-5-12-36-32(35)48/h1-2,6-7,10-11,14,22-25H,3-5,8-9,12-13,15-18H2,(H2,34,45)(H,37,41)(H,38,46)(H,39,47)(H,43,44)(H3,35,36,48)/t22-,23+,24+,25+/m1/s1. The van der Waals surface area contributed by atoms with Gasteiger partial charge in [0.1, 0.15) is 24.0 Å². The molecule has 0 aliphatic carbocycles. The number of carboxylic acids is 1. The van der Waals surface area contributed by atoms with Crippen LogP contribution in [0.25, 0.3) is 10.8 Å². The predicted molar refractivity (Wildman–Crippen MR) is 176 cm³/mol. The number of likely N-dealkylation sites (tertiary alicyclic amines) is 1. The van der Waals surface area contributed by atoms with E-state index in [1.807, 2.05) is 42.5 Å². The quantitative estimate of drug-likeness (QED) is 0.0896. The Hall–Kier alpha value is -4.92. The van der Waals surface area contributed by atoms with Gasteiger partial charge in [-0.05, 0) is 48.4 Å². The summed E-state index contributed by atoms with van der Waals surface area (Å²) in [7, 11) is 0. The summed E-state index contributed by atoms with van der Waals surface area (Å²) in [4.78, 5) is 88.6. The molecule has 16 heteroatoms. The number of carboxylic acid groups (broad SMARTS) is 1. The first-order chi connectivity index (χ1) is 22.9. The molecule has 1 aliphatic rings. The Morgan fingerprint density at radius 1 is 0.917 bits per heavy atom. The lowest BCUT2D eigenvalue weighted by Gasteiger charge is -2.36. The molecule has 4 atom stereocenters. The number of alkyl halides is 1. The molecule has 0 bridgehead atoms. The molecule has 2 aromatic carbocycles. The third-order valence-corrected chi connectivity index (χ3v) is 8.21. The number of carbonyl (C=O) groups is 7. The Labute approximate surface area is 282 Å². The Bertz CT molecular complexity index is 1510. The molecule has 0 saturated carbocycles. The third-order valence-electron chi connectivity index (χ3n) is 7.97. The zero-order valence-electron chi connectivity index (χ0n) is 26.4. The molecule has 48 heavy (non-hydrogen) atoms. The van der Waals surface area contributed by atoms with Crippen LogP contribution >= 0.6 is 11.6 Å². The van der Waals surface area contributed by atoms with Crippen molar-refractivity contribution in [1.82, 2.24) is 26.2 Å². The van der Waals surface area contributed by atoms with Gasteiger partial charge in [0, 0.05) is 32.0 Å². The van der Waals surface area contributed by atoms with E-state index in [1.54, 1.807) is 0 Å². The number of urea groups is 1. The number of nitrogens with two attached hydrogens (primary N) is 2. The van der Waals surface area contributed by atoms with Gasteiger partial charge in [0.05, 0.1) is 6.42 Å². The fourth-order valence-electron chi connectivity index (χ4n) is 5.64. The van der Waals surface area contributed by atoms with Crippen LogP contribution in [-0.4, -0.2) is 94.7 Å². The van der Waals surface area contributed by atoms with Gasteiger partial charge in [-0.15, -0.1) is 11.6 Å². The number of hydrogen-bond acceptors (Lipinski definition) is 7. The molecular weight excluding hydrogens is 646 g/mol. The zero-order valence-corrected chi connectivity index (χ0v) is 27.2. The van der Waals surface area contributed by atoms with Gasteiger partial charge in [0.2, 0.25) is 29.5 Å². The van der Waals surface area contributed by atoms with Crippen molar-refractivity contribution in [2.75, 3.05) is 19.0 Å². The van der Waals surface area contributed by atoms with Crippen molar-refractivity contribution in [3.63, 3.8) is 0 Å². The van der Waals surface area contributed by atoms with E-state index in [1.165, 1.54) is 4.90 Å². The highest BCUT2D eigenvalue weighted by atomic mass is 35.5. The number of aliphatic carboxylic acids is 1. The molecule has 1 saturated heterocycles. The van der Waals surface area contributed by atoms with Crippen LogP contribution in [0.3, 0.4) is 0 Å². The average Bonchev–Trinajstić information content (AvgIpc) is 3.04. The maximum absolute atomic E-state index is 13.8. The highest BCUT2D eigenvalue weighted by Crippen LogP contribution is 2.21. The van der Waals surface area contributed by atoms with E-state index in [9.17, 15) is 38.7 Å². The summed E-state index contributed by atoms with van der Waals surface area (Å²) >= 11 is 5.55. The normalized spacial score (nSPS) is 16.2. The summed E-state index contributed by atoms with van der Waals surface area (Å²) in [6, 6.07) is 8.19. The lowest BCUT2D eigenvalue weighted by molar-refractivity contribution is -0.144. The van der Waals surface area contributed by atoms with E-state index in [0.29, 0.717) is 12.8 Å². The smallest absolute Gasteiger partial charge is 0.312 e. The van der Waals surface area contributed by atoms with Gasteiger partial charge in [-0.1, -0.05) is 42.5 Å². The van der Waals surface area contributed by atoms with E-state index >= 15 is 0 Å². The fraction of sp³-hybridized carbons (Fsp3) is 0.469. The number of nitrogens with zero attached hydrogens (tertiary/aromatic N) is 1. The molecule has 0 aromatic heterocycles. The Morgan fingerprint density at radius 3 is 2.31 bits per heavy atom. The summed E-state index contributed by atoms with van der Waals surface area (Å²) in [6.07, 6.45) is 1.04. The maximum atomic E-state index is 13.8. The summed E-state index contributed by atoms with van der Waals surface area (Å²) < 4.78 is 0. The topological polar surface area (TPSA) is 243 Å². The fourth-order valence-corrected chi connectivity index (χ4v) is 5.71. The molecule has 0 unspecified atom stereocenters. The van der Waals surface area contributed by atoms with Crippen molar-refractivity contribution in [3.05, 3.63) is 48.0 Å². The highest BCUT2D eigenvalue weighted by Gasteiger charge is 2.36. The molecule has 1 heterocycles. The first-order valence-electron chi connectivity index (χ1n) is 15.7. The number of piperidine rings is 1. The Balaban J connectivity index is 1.82. The van der Waals surface area contributed by atoms with Gasteiger partial charge in [-0.25, -0.2) is 4.79 Å². The van der Waals surface area contributed by atoms with Gasteiger partial charge in [-0.2, -0.15) is 0 Å². The minimum atomic E-state index is -1.23. The third kappa shape index (κ3) is 11.7. The average molecular weight is 688 g/mol. The zero-order chi connectivity index (χ0) is 35.2. The van der Waals surface area contributed by atoms with Crippen LogP contribution in [0, 0.1) is 0 Å². The minimum absolute atomic E-state index is 0.0446. The first kappa shape index (κ1) is 37.5. The highest BCUT2D eigenvalue weighted by molar-refractivity contribution is 6.27. The number of carbonyl (C=O) groups excluding carboxylic acids is 6. The molecule has 0 spiro atoms. The van der Waals surface area contributed by atoms with E-state index < -0.39 is 78.0 Å². The van der Waals surface area contributed by atoms with Crippen LogP contribution < -0.4 is 32.7 Å². The number of halogens is 1. The molecule has 3 rings (SSSR count). The van der Waals surface area contributed by atoms with Gasteiger partial charge >= 0.3 is 12.0 Å². The number of amides is 7. The summed E-state index contributed by atoms with van der Waals surface area (Å²) in [6.45, 7) is 0.367. The van der Waals surface area contributed by atoms with Crippen molar-refractivity contribution in [3.8, 4) is 0 Å². The van der Waals surface area contributed by atoms with Crippen LogP contribution in [0.1, 0.15) is 50.5 Å². The second-order valence-electron chi connectivity index (χ2n) is 11.6. The second-order valence-corrected chi connectivity index (χ2v) is 11.9. The van der Waals surface area contributed by atoms with Crippen molar-refractivity contribution in [2.45, 2.75) is 75.5 Å². The van der Waals surface area contributed by atoms with Gasteiger partial charge < -0.3 is 42.7 Å². The summed E-state index contributed by atoms with van der Waals surface area (Å²) in [5.74, 6) is -4.90. The van der Waals surface area contributed by atoms with Crippen LogP contribution in [0.2, 0.25) is 0 Å². The number of benzene rings is 2. The molecule has 260 valence electrons. The molecule has 1 aliphatic heterocycles. The molecule has 1 fully saturated rings. The van der Waals surface area contributed by atoms with E-state index in [-0.39, 0.29) is 45.2 Å². The first-order valence-corrected chi connectivity index (χ1v) is 16.2. The van der Waals surface area contributed by atoms with Crippen molar-refractivity contribution < 1.29 is 38.7 Å². The predicted octanol–water partition coefficient (Wildman–Crippen LogP) is 0.255. The van der Waals surface area contributed by atoms with Crippen molar-refractivity contribution in [2.24, 2.45) is 11.5 Å². The number of hydrogen-bond donors (Lipinski definition) is 7. The van der Waals surface area contributed by atoms with Gasteiger partial charge in [0.15, 0.2) is 0 Å². The minimum Gasteiger partial charge on any atom is -0.481 e. The van der Waals surface area contributed by atoms with E-state index in [2.05, 4.69) is 21.3 Å². The second kappa shape index (κ2) is 18.4.